The van der Waals surface area contributed by atoms with Gasteiger partial charge in [0.1, 0.15) is 0 Å². The van der Waals surface area contributed by atoms with E-state index in [-0.39, 0.29) is 0 Å². The van der Waals surface area contributed by atoms with E-state index >= 15 is 0 Å². The van der Waals surface area contributed by atoms with Gasteiger partial charge in [-0.1, -0.05) is 37.8 Å². The zero-order valence-electron chi connectivity index (χ0n) is 12.2. The van der Waals surface area contributed by atoms with Crippen molar-refractivity contribution in [1.82, 2.24) is 20.2 Å². The molecule has 1 aromatic carbocycles. The van der Waals surface area contributed by atoms with Crippen molar-refractivity contribution in [2.24, 2.45) is 11.8 Å². The molecule has 0 amide bonds. The molecule has 2 aromatic rings. The minimum atomic E-state index is 0.622. The Kier molecular flexibility index (Phi) is 4.10. The molecule has 21 heavy (non-hydrogen) atoms. The minimum absolute atomic E-state index is 0.622. The average Bonchev–Trinajstić information content (AvgIpc) is 2.92. The molecule has 0 spiro atoms. The lowest BCUT2D eigenvalue weighted by Crippen LogP contribution is -2.23. The van der Waals surface area contributed by atoms with E-state index in [9.17, 15) is 0 Å². The summed E-state index contributed by atoms with van der Waals surface area (Å²) in [4.78, 5) is 0. The quantitative estimate of drug-likeness (QED) is 0.882. The summed E-state index contributed by atoms with van der Waals surface area (Å²) in [5, 5.41) is 12.7. The lowest BCUT2D eigenvalue weighted by atomic mass is 9.80. The number of nitrogen functional groups attached to an aromatic ring is 1. The van der Waals surface area contributed by atoms with Crippen LogP contribution in [-0.2, 0) is 6.54 Å². The molecule has 2 atom stereocenters. The average molecular weight is 306 g/mol. The van der Waals surface area contributed by atoms with Gasteiger partial charge in [0.25, 0.3) is 0 Å². The normalized spacial score (nSPS) is 22.4. The van der Waals surface area contributed by atoms with Crippen molar-refractivity contribution in [3.8, 4) is 11.4 Å². The van der Waals surface area contributed by atoms with Crippen LogP contribution in [0.2, 0.25) is 5.02 Å². The van der Waals surface area contributed by atoms with Crippen LogP contribution in [0.1, 0.15) is 32.6 Å². The molecule has 1 heterocycles. The Labute approximate surface area is 129 Å². The maximum atomic E-state index is 6.27. The van der Waals surface area contributed by atoms with E-state index in [1.165, 1.54) is 25.7 Å². The van der Waals surface area contributed by atoms with Crippen LogP contribution in [0.25, 0.3) is 11.4 Å². The Morgan fingerprint density at radius 1 is 1.33 bits per heavy atom. The van der Waals surface area contributed by atoms with Gasteiger partial charge in [-0.05, 0) is 46.9 Å². The van der Waals surface area contributed by atoms with E-state index in [1.54, 1.807) is 12.1 Å². The second-order valence-electron chi connectivity index (χ2n) is 5.95. The van der Waals surface area contributed by atoms with Crippen molar-refractivity contribution in [2.75, 3.05) is 5.73 Å². The summed E-state index contributed by atoms with van der Waals surface area (Å²) in [7, 11) is 0. The van der Waals surface area contributed by atoms with Gasteiger partial charge in [-0.15, -0.1) is 5.10 Å². The van der Waals surface area contributed by atoms with Crippen LogP contribution in [0, 0.1) is 11.8 Å². The highest BCUT2D eigenvalue weighted by atomic mass is 35.5. The molecule has 6 heteroatoms. The van der Waals surface area contributed by atoms with Crippen molar-refractivity contribution < 1.29 is 0 Å². The van der Waals surface area contributed by atoms with Crippen LogP contribution >= 0.6 is 11.6 Å². The maximum absolute atomic E-state index is 6.27. The van der Waals surface area contributed by atoms with Crippen LogP contribution in [0.15, 0.2) is 18.2 Å². The molecular formula is C15H20ClN5. The lowest BCUT2D eigenvalue weighted by Gasteiger charge is -2.28. The highest BCUT2D eigenvalue weighted by molar-refractivity contribution is 6.33. The third kappa shape index (κ3) is 3.02. The smallest absolute Gasteiger partial charge is 0.183 e. The molecule has 1 aliphatic rings. The number of nitrogens with two attached hydrogens (primary N) is 1. The SMILES string of the molecule is CC1CCCCC1Cn1nnnc1-c1cc(N)ccc1Cl. The van der Waals surface area contributed by atoms with Gasteiger partial charge in [0.05, 0.1) is 5.02 Å². The summed E-state index contributed by atoms with van der Waals surface area (Å²) >= 11 is 6.27. The van der Waals surface area contributed by atoms with Crippen molar-refractivity contribution in [2.45, 2.75) is 39.2 Å². The van der Waals surface area contributed by atoms with Gasteiger partial charge in [0.2, 0.25) is 0 Å². The molecule has 0 bridgehead atoms. The van der Waals surface area contributed by atoms with Gasteiger partial charge < -0.3 is 5.73 Å². The zero-order valence-corrected chi connectivity index (χ0v) is 12.9. The monoisotopic (exact) mass is 305 g/mol. The second-order valence-corrected chi connectivity index (χ2v) is 6.35. The third-order valence-electron chi connectivity index (χ3n) is 4.46. The first-order chi connectivity index (χ1) is 10.1. The lowest BCUT2D eigenvalue weighted by molar-refractivity contribution is 0.221. The first-order valence-electron chi connectivity index (χ1n) is 7.46. The van der Waals surface area contributed by atoms with E-state index in [0.29, 0.717) is 28.4 Å². The predicted molar refractivity (Wildman–Crippen MR) is 83.8 cm³/mol. The number of hydrogen-bond donors (Lipinski definition) is 1. The number of nitrogens with zero attached hydrogens (tertiary/aromatic N) is 4. The van der Waals surface area contributed by atoms with Crippen molar-refractivity contribution >= 4 is 17.3 Å². The third-order valence-corrected chi connectivity index (χ3v) is 4.79. The summed E-state index contributed by atoms with van der Waals surface area (Å²) in [6.45, 7) is 3.16. The fourth-order valence-electron chi connectivity index (χ4n) is 3.12. The molecule has 1 aliphatic carbocycles. The molecule has 0 aliphatic heterocycles. The topological polar surface area (TPSA) is 69.6 Å². The molecule has 1 fully saturated rings. The Morgan fingerprint density at radius 2 is 2.14 bits per heavy atom. The van der Waals surface area contributed by atoms with Crippen LogP contribution in [-0.4, -0.2) is 20.2 Å². The first kappa shape index (κ1) is 14.3. The van der Waals surface area contributed by atoms with Crippen LogP contribution in [0.4, 0.5) is 5.69 Å². The van der Waals surface area contributed by atoms with Crippen LogP contribution < -0.4 is 5.73 Å². The van der Waals surface area contributed by atoms with Gasteiger partial charge in [-0.3, -0.25) is 0 Å². The molecule has 2 N–H and O–H groups in total. The Balaban J connectivity index is 1.88. The fraction of sp³-hybridized carbons (Fsp3) is 0.533. The molecule has 5 nitrogen and oxygen atoms in total. The van der Waals surface area contributed by atoms with Crippen molar-refractivity contribution in [1.29, 1.82) is 0 Å². The molecule has 112 valence electrons. The van der Waals surface area contributed by atoms with Crippen molar-refractivity contribution in [3.05, 3.63) is 23.2 Å². The zero-order chi connectivity index (χ0) is 14.8. The molecule has 1 saturated carbocycles. The summed E-state index contributed by atoms with van der Waals surface area (Å²) in [5.74, 6) is 2.04. The van der Waals surface area contributed by atoms with Gasteiger partial charge in [-0.25, -0.2) is 4.68 Å². The highest BCUT2D eigenvalue weighted by Crippen LogP contribution is 2.33. The van der Waals surface area contributed by atoms with Gasteiger partial charge in [0, 0.05) is 17.8 Å². The number of benzene rings is 1. The standard InChI is InChI=1S/C15H20ClN5/c1-10-4-2-3-5-11(10)9-21-15(18-19-20-21)13-8-12(17)6-7-14(13)16/h6-8,10-11H,2-5,9,17H2,1H3. The first-order valence-corrected chi connectivity index (χ1v) is 7.84. The maximum Gasteiger partial charge on any atom is 0.183 e. The van der Waals surface area contributed by atoms with Gasteiger partial charge in [-0.2, -0.15) is 0 Å². The largest absolute Gasteiger partial charge is 0.399 e. The number of aromatic nitrogens is 4. The Hall–Kier alpha value is -1.62. The summed E-state index contributed by atoms with van der Waals surface area (Å²) in [6.07, 6.45) is 5.17. The van der Waals surface area contributed by atoms with E-state index in [0.717, 1.165) is 12.1 Å². The molecule has 1 aromatic heterocycles. The number of halogens is 1. The van der Waals surface area contributed by atoms with Crippen LogP contribution in [0.3, 0.4) is 0 Å². The minimum Gasteiger partial charge on any atom is -0.399 e. The van der Waals surface area contributed by atoms with Crippen molar-refractivity contribution in [3.63, 3.8) is 0 Å². The molecule has 2 unspecified atom stereocenters. The Morgan fingerprint density at radius 3 is 2.95 bits per heavy atom. The second kappa shape index (κ2) is 6.02. The predicted octanol–water partition coefficient (Wildman–Crippen LogP) is 3.40. The van der Waals surface area contributed by atoms with E-state index < -0.39 is 0 Å². The fourth-order valence-corrected chi connectivity index (χ4v) is 3.32. The van der Waals surface area contributed by atoms with Crippen LogP contribution in [0.5, 0.6) is 0 Å². The highest BCUT2D eigenvalue weighted by Gasteiger charge is 2.24. The Bertz CT molecular complexity index is 624. The summed E-state index contributed by atoms with van der Waals surface area (Å²) < 4.78 is 1.87. The molecular weight excluding hydrogens is 286 g/mol. The van der Waals surface area contributed by atoms with Gasteiger partial charge in [0.15, 0.2) is 5.82 Å². The number of tetrazole rings is 1. The number of hydrogen-bond acceptors (Lipinski definition) is 4. The summed E-state index contributed by atoms with van der Waals surface area (Å²) in [5.41, 5.74) is 7.31. The molecule has 3 rings (SSSR count). The van der Waals surface area contributed by atoms with E-state index in [2.05, 4.69) is 22.4 Å². The number of rotatable bonds is 3. The van der Waals surface area contributed by atoms with Gasteiger partial charge >= 0.3 is 0 Å². The molecule has 0 saturated heterocycles. The number of anilines is 1. The molecule has 0 radical (unpaired) electrons. The van der Waals surface area contributed by atoms with E-state index in [4.69, 9.17) is 17.3 Å². The van der Waals surface area contributed by atoms with E-state index in [1.807, 2.05) is 10.7 Å². The summed E-state index contributed by atoms with van der Waals surface area (Å²) in [6, 6.07) is 5.40.